The van der Waals surface area contributed by atoms with Crippen LogP contribution in [0.1, 0.15) is 43.0 Å². The van der Waals surface area contributed by atoms with Gasteiger partial charge in [0.05, 0.1) is 10.7 Å². The topological polar surface area (TPSA) is 24.9 Å². The lowest BCUT2D eigenvalue weighted by atomic mass is 10.1. The monoisotopic (exact) mass is 288 g/mol. The van der Waals surface area contributed by atoms with E-state index in [1.54, 1.807) is 0 Å². The van der Waals surface area contributed by atoms with Gasteiger partial charge < -0.3 is 5.32 Å². The Bertz CT molecular complexity index is 517. The average molecular weight is 288 g/mol. The highest BCUT2D eigenvalue weighted by atomic mass is 32.1. The zero-order valence-corrected chi connectivity index (χ0v) is 13.5. The largest absolute Gasteiger partial charge is 0.316 e. The molecule has 0 atom stereocenters. The molecule has 0 unspecified atom stereocenters. The summed E-state index contributed by atoms with van der Waals surface area (Å²) in [7, 11) is 0. The fraction of sp³-hybridized carbons (Fsp3) is 0.471. The van der Waals surface area contributed by atoms with Crippen molar-refractivity contribution in [2.75, 3.05) is 13.1 Å². The zero-order chi connectivity index (χ0) is 14.4. The van der Waals surface area contributed by atoms with Gasteiger partial charge in [-0.15, -0.1) is 11.3 Å². The number of benzene rings is 1. The van der Waals surface area contributed by atoms with Gasteiger partial charge in [0, 0.05) is 22.9 Å². The third-order valence-electron chi connectivity index (χ3n) is 3.21. The first-order chi connectivity index (χ1) is 9.72. The van der Waals surface area contributed by atoms with Crippen molar-refractivity contribution in [2.24, 2.45) is 0 Å². The van der Waals surface area contributed by atoms with E-state index in [2.05, 4.69) is 56.4 Å². The molecule has 1 N–H and O–H groups in total. The molecule has 1 aromatic carbocycles. The molecule has 2 rings (SSSR count). The van der Waals surface area contributed by atoms with Crippen LogP contribution in [0.15, 0.2) is 30.3 Å². The van der Waals surface area contributed by atoms with Gasteiger partial charge in [0.2, 0.25) is 0 Å². The SMILES string of the molecule is CCCNCCc1sc(C(C)C)nc1-c1ccccc1. The van der Waals surface area contributed by atoms with Gasteiger partial charge in [-0.1, -0.05) is 51.1 Å². The molecule has 108 valence electrons. The first-order valence-corrected chi connectivity index (χ1v) is 8.29. The minimum atomic E-state index is 0.500. The third-order valence-corrected chi connectivity index (χ3v) is 4.63. The Kier molecular flexibility index (Phi) is 5.74. The van der Waals surface area contributed by atoms with Crippen LogP contribution in [0.4, 0.5) is 0 Å². The Morgan fingerprint density at radius 1 is 1.15 bits per heavy atom. The van der Waals surface area contributed by atoms with Crippen molar-refractivity contribution in [1.29, 1.82) is 0 Å². The molecule has 2 aromatic rings. The number of rotatable bonds is 7. The molecule has 0 aliphatic rings. The number of aromatic nitrogens is 1. The Labute approximate surface area is 126 Å². The predicted molar refractivity (Wildman–Crippen MR) is 88.5 cm³/mol. The van der Waals surface area contributed by atoms with Crippen molar-refractivity contribution in [2.45, 2.75) is 39.5 Å². The van der Waals surface area contributed by atoms with Gasteiger partial charge in [-0.3, -0.25) is 0 Å². The zero-order valence-electron chi connectivity index (χ0n) is 12.6. The van der Waals surface area contributed by atoms with E-state index in [1.807, 2.05) is 11.3 Å². The molecular formula is C17H24N2S. The molecule has 0 fully saturated rings. The maximum atomic E-state index is 4.87. The molecule has 0 spiro atoms. The first-order valence-electron chi connectivity index (χ1n) is 7.48. The van der Waals surface area contributed by atoms with Crippen LogP contribution < -0.4 is 5.32 Å². The van der Waals surface area contributed by atoms with E-state index in [0.29, 0.717) is 5.92 Å². The molecule has 0 saturated heterocycles. The van der Waals surface area contributed by atoms with Crippen LogP contribution in [0.2, 0.25) is 0 Å². The lowest BCUT2D eigenvalue weighted by molar-refractivity contribution is 0.674. The van der Waals surface area contributed by atoms with Crippen LogP contribution in [0, 0.1) is 0 Å². The van der Waals surface area contributed by atoms with Crippen molar-refractivity contribution < 1.29 is 0 Å². The molecule has 20 heavy (non-hydrogen) atoms. The van der Waals surface area contributed by atoms with Crippen molar-refractivity contribution >= 4 is 11.3 Å². The summed E-state index contributed by atoms with van der Waals surface area (Å²) in [5.41, 5.74) is 2.42. The molecule has 2 nitrogen and oxygen atoms in total. The number of nitrogens with one attached hydrogen (secondary N) is 1. The Morgan fingerprint density at radius 2 is 1.90 bits per heavy atom. The predicted octanol–water partition coefficient (Wildman–Crippen LogP) is 4.48. The Hall–Kier alpha value is -1.19. The van der Waals surface area contributed by atoms with Gasteiger partial charge in [-0.05, 0) is 19.4 Å². The quantitative estimate of drug-likeness (QED) is 0.760. The van der Waals surface area contributed by atoms with Crippen LogP contribution in [0.3, 0.4) is 0 Å². The van der Waals surface area contributed by atoms with Crippen LogP contribution >= 0.6 is 11.3 Å². The normalized spacial score (nSPS) is 11.2. The summed E-state index contributed by atoms with van der Waals surface area (Å²) in [5.74, 6) is 0.500. The molecule has 0 bridgehead atoms. The smallest absolute Gasteiger partial charge is 0.0960 e. The lowest BCUT2D eigenvalue weighted by Crippen LogP contribution is -2.17. The number of hydrogen-bond donors (Lipinski definition) is 1. The van der Waals surface area contributed by atoms with Crippen LogP contribution in [-0.2, 0) is 6.42 Å². The van der Waals surface area contributed by atoms with Gasteiger partial charge in [-0.2, -0.15) is 0 Å². The maximum absolute atomic E-state index is 4.87. The van der Waals surface area contributed by atoms with Crippen LogP contribution in [-0.4, -0.2) is 18.1 Å². The number of hydrogen-bond acceptors (Lipinski definition) is 3. The van der Waals surface area contributed by atoms with Gasteiger partial charge in [0.15, 0.2) is 0 Å². The second kappa shape index (κ2) is 7.55. The first kappa shape index (κ1) is 15.2. The second-order valence-corrected chi connectivity index (χ2v) is 6.46. The Balaban J connectivity index is 2.20. The summed E-state index contributed by atoms with van der Waals surface area (Å²) >= 11 is 1.87. The van der Waals surface area contributed by atoms with Gasteiger partial charge in [0.25, 0.3) is 0 Å². The molecule has 0 amide bonds. The Morgan fingerprint density at radius 3 is 2.55 bits per heavy atom. The number of thiazole rings is 1. The fourth-order valence-electron chi connectivity index (χ4n) is 2.11. The molecule has 0 radical (unpaired) electrons. The summed E-state index contributed by atoms with van der Waals surface area (Å²) in [6.45, 7) is 8.76. The molecule has 0 aliphatic carbocycles. The van der Waals surface area contributed by atoms with E-state index >= 15 is 0 Å². The van der Waals surface area contributed by atoms with E-state index < -0.39 is 0 Å². The minimum absolute atomic E-state index is 0.500. The molecular weight excluding hydrogens is 264 g/mol. The molecule has 0 aliphatic heterocycles. The van der Waals surface area contributed by atoms with Gasteiger partial charge in [-0.25, -0.2) is 4.98 Å². The molecule has 1 heterocycles. The lowest BCUT2D eigenvalue weighted by Gasteiger charge is -2.04. The highest BCUT2D eigenvalue weighted by molar-refractivity contribution is 7.12. The standard InChI is InChI=1S/C17H24N2S/c1-4-11-18-12-10-15-16(14-8-6-5-7-9-14)19-17(20-15)13(2)3/h5-9,13,18H,4,10-12H2,1-3H3. The summed E-state index contributed by atoms with van der Waals surface area (Å²) in [4.78, 5) is 6.28. The highest BCUT2D eigenvalue weighted by Crippen LogP contribution is 2.31. The highest BCUT2D eigenvalue weighted by Gasteiger charge is 2.14. The van der Waals surface area contributed by atoms with Crippen molar-refractivity contribution in [3.05, 3.63) is 40.2 Å². The van der Waals surface area contributed by atoms with Gasteiger partial charge in [0.1, 0.15) is 0 Å². The van der Waals surface area contributed by atoms with Crippen LogP contribution in [0.5, 0.6) is 0 Å². The van der Waals surface area contributed by atoms with E-state index in [-0.39, 0.29) is 0 Å². The van der Waals surface area contributed by atoms with Crippen molar-refractivity contribution in [3.8, 4) is 11.3 Å². The summed E-state index contributed by atoms with van der Waals surface area (Å²) in [5, 5.41) is 4.72. The second-order valence-electron chi connectivity index (χ2n) is 5.34. The maximum Gasteiger partial charge on any atom is 0.0960 e. The van der Waals surface area contributed by atoms with Crippen LogP contribution in [0.25, 0.3) is 11.3 Å². The third kappa shape index (κ3) is 3.90. The van der Waals surface area contributed by atoms with E-state index in [9.17, 15) is 0 Å². The fourth-order valence-corrected chi connectivity index (χ4v) is 3.20. The van der Waals surface area contributed by atoms with Crippen molar-refractivity contribution in [3.63, 3.8) is 0 Å². The summed E-state index contributed by atoms with van der Waals surface area (Å²) in [6.07, 6.45) is 2.25. The van der Waals surface area contributed by atoms with E-state index in [4.69, 9.17) is 4.98 Å². The minimum Gasteiger partial charge on any atom is -0.316 e. The average Bonchev–Trinajstić information content (AvgIpc) is 2.89. The van der Waals surface area contributed by atoms with Crippen molar-refractivity contribution in [1.82, 2.24) is 10.3 Å². The summed E-state index contributed by atoms with van der Waals surface area (Å²) < 4.78 is 0. The molecule has 1 aromatic heterocycles. The summed E-state index contributed by atoms with van der Waals surface area (Å²) in [6, 6.07) is 10.5. The molecule has 3 heteroatoms. The molecule has 0 saturated carbocycles. The number of nitrogens with zero attached hydrogens (tertiary/aromatic N) is 1. The van der Waals surface area contributed by atoms with E-state index in [1.165, 1.54) is 27.6 Å². The van der Waals surface area contributed by atoms with Gasteiger partial charge >= 0.3 is 0 Å². The van der Waals surface area contributed by atoms with E-state index in [0.717, 1.165) is 19.5 Å².